The lowest BCUT2D eigenvalue weighted by Gasteiger charge is -2.34. The molecule has 0 spiro atoms. The van der Waals surface area contributed by atoms with Gasteiger partial charge in [-0.2, -0.15) is 13.2 Å². The minimum absolute atomic E-state index is 0.118. The number of benzene rings is 1. The van der Waals surface area contributed by atoms with Crippen molar-refractivity contribution in [2.75, 3.05) is 38.0 Å². The number of hydrogen-bond acceptors (Lipinski definition) is 6. The number of carbonyl (C=O) groups is 1. The molecule has 3 rings (SSSR count). The molecular formula is C25H27F3N6O. The van der Waals surface area contributed by atoms with Crippen LogP contribution in [0.3, 0.4) is 0 Å². The van der Waals surface area contributed by atoms with Crippen molar-refractivity contribution in [3.8, 4) is 11.8 Å². The minimum atomic E-state index is -4.59. The normalized spacial score (nSPS) is 15.3. The molecule has 2 aromatic rings. The smallest absolute Gasteiger partial charge is 0.404 e. The van der Waals surface area contributed by atoms with E-state index in [1.807, 2.05) is 4.90 Å². The summed E-state index contributed by atoms with van der Waals surface area (Å²) in [5, 5.41) is 9.71. The number of likely N-dealkylation sites (N-methyl/N-ethyl adjacent to an activating group) is 1. The van der Waals surface area contributed by atoms with Crippen LogP contribution in [-0.4, -0.2) is 59.6 Å². The Balaban J connectivity index is 1.77. The number of aromatic nitrogens is 1. The molecule has 0 saturated carbocycles. The van der Waals surface area contributed by atoms with E-state index >= 15 is 0 Å². The molecule has 0 bridgehead atoms. The van der Waals surface area contributed by atoms with Gasteiger partial charge in [-0.1, -0.05) is 24.8 Å². The molecule has 1 aliphatic heterocycles. The van der Waals surface area contributed by atoms with Crippen LogP contribution in [0.15, 0.2) is 48.3 Å². The summed E-state index contributed by atoms with van der Waals surface area (Å²) in [6.45, 7) is 6.19. The fourth-order valence-corrected chi connectivity index (χ4v) is 3.66. The van der Waals surface area contributed by atoms with E-state index in [1.54, 1.807) is 6.07 Å². The monoisotopic (exact) mass is 484 g/mol. The molecule has 7 nitrogen and oxygen atoms in total. The van der Waals surface area contributed by atoms with Crippen LogP contribution >= 0.6 is 0 Å². The van der Waals surface area contributed by atoms with Gasteiger partial charge in [0.15, 0.2) is 0 Å². The van der Waals surface area contributed by atoms with Gasteiger partial charge in [-0.05, 0) is 36.4 Å². The van der Waals surface area contributed by atoms with Gasteiger partial charge in [0.1, 0.15) is 5.82 Å². The van der Waals surface area contributed by atoms with Crippen molar-refractivity contribution in [1.82, 2.24) is 14.8 Å². The molecule has 1 amide bonds. The van der Waals surface area contributed by atoms with Gasteiger partial charge in [0.2, 0.25) is 0 Å². The molecule has 1 aromatic heterocycles. The highest BCUT2D eigenvalue weighted by Gasteiger charge is 2.34. The number of nitrogens with two attached hydrogens (primary N) is 1. The number of halogens is 3. The first-order valence-corrected chi connectivity index (χ1v) is 11.1. The molecule has 10 heteroatoms. The predicted molar refractivity (Wildman–Crippen MR) is 129 cm³/mol. The Labute approximate surface area is 202 Å². The van der Waals surface area contributed by atoms with E-state index < -0.39 is 17.6 Å². The summed E-state index contributed by atoms with van der Waals surface area (Å²) >= 11 is 0. The van der Waals surface area contributed by atoms with E-state index in [1.165, 1.54) is 30.6 Å². The number of alkyl halides is 3. The number of allylic oxidation sites excluding steroid dienone is 1. The lowest BCUT2D eigenvalue weighted by atomic mass is 10.0. The van der Waals surface area contributed by atoms with Gasteiger partial charge >= 0.3 is 6.18 Å². The third-order valence-electron chi connectivity index (χ3n) is 5.67. The van der Waals surface area contributed by atoms with Crippen LogP contribution in [0.5, 0.6) is 0 Å². The third-order valence-corrected chi connectivity index (χ3v) is 5.67. The quantitative estimate of drug-likeness (QED) is 0.432. The number of nitrogens with zero attached hydrogens (tertiary/aromatic N) is 3. The molecule has 1 saturated heterocycles. The average molecular weight is 485 g/mol. The fourth-order valence-electron chi connectivity index (χ4n) is 3.66. The Bertz CT molecular complexity index is 1160. The maximum Gasteiger partial charge on any atom is 0.416 e. The maximum atomic E-state index is 13.8. The van der Waals surface area contributed by atoms with Gasteiger partial charge in [0, 0.05) is 62.5 Å². The van der Waals surface area contributed by atoms with Crippen LogP contribution in [-0.2, 0) is 12.7 Å². The van der Waals surface area contributed by atoms with E-state index in [2.05, 4.69) is 34.0 Å². The zero-order valence-electron chi connectivity index (χ0n) is 19.3. The Hall–Kier alpha value is -3.68. The van der Waals surface area contributed by atoms with Crippen LogP contribution < -0.4 is 11.1 Å². The zero-order chi connectivity index (χ0) is 25.4. The first-order chi connectivity index (χ1) is 16.7. The summed E-state index contributed by atoms with van der Waals surface area (Å²) in [5.74, 6) is 4.90. The third kappa shape index (κ3) is 7.15. The SMILES string of the molecule is CCN1CCN(Cc2ccc(C(=O)Nc3cc(C#C/C(C=N)=C/N)ccn3)cc2C(F)(F)F)CC1. The number of anilines is 1. The standard InChI is InChI=1S/C25H27F3N6O/c1-2-33-9-11-34(12-10-33)17-21-6-5-20(14-22(21)25(26,27)28)24(35)32-23-13-18(7-8-31-23)3-4-19(15-29)16-30/h5-8,13-16,29H,2,9-12,17,30H2,1H3,(H,31,32,35)/b19-16-,29-15?. The van der Waals surface area contributed by atoms with E-state index in [9.17, 15) is 18.0 Å². The zero-order valence-corrected chi connectivity index (χ0v) is 19.3. The summed E-state index contributed by atoms with van der Waals surface area (Å²) in [5.41, 5.74) is 5.36. The molecule has 0 radical (unpaired) electrons. The summed E-state index contributed by atoms with van der Waals surface area (Å²) in [4.78, 5) is 21.0. The van der Waals surface area contributed by atoms with E-state index in [-0.39, 0.29) is 23.5 Å². The number of hydrogen-bond donors (Lipinski definition) is 3. The van der Waals surface area contributed by atoms with Crippen molar-refractivity contribution in [1.29, 1.82) is 5.41 Å². The van der Waals surface area contributed by atoms with Crippen molar-refractivity contribution < 1.29 is 18.0 Å². The Morgan fingerprint density at radius 1 is 1.20 bits per heavy atom. The van der Waals surface area contributed by atoms with Gasteiger partial charge in [-0.25, -0.2) is 4.98 Å². The second-order valence-electron chi connectivity index (χ2n) is 7.98. The number of amides is 1. The first kappa shape index (κ1) is 25.9. The predicted octanol–water partition coefficient (Wildman–Crippen LogP) is 3.33. The topological polar surface area (TPSA) is 98.3 Å². The van der Waals surface area contributed by atoms with Gasteiger partial charge in [0.25, 0.3) is 5.91 Å². The average Bonchev–Trinajstić information content (AvgIpc) is 2.85. The largest absolute Gasteiger partial charge is 0.416 e. The highest BCUT2D eigenvalue weighted by molar-refractivity contribution is 6.04. The number of piperazine rings is 1. The minimum Gasteiger partial charge on any atom is -0.404 e. The molecule has 0 atom stereocenters. The van der Waals surface area contributed by atoms with Gasteiger partial charge < -0.3 is 21.4 Å². The van der Waals surface area contributed by atoms with E-state index in [0.717, 1.165) is 31.9 Å². The fraction of sp³-hybridized carbons (Fsp3) is 0.320. The lowest BCUT2D eigenvalue weighted by Crippen LogP contribution is -2.45. The highest BCUT2D eigenvalue weighted by Crippen LogP contribution is 2.33. The summed E-state index contributed by atoms with van der Waals surface area (Å²) in [7, 11) is 0. The molecular weight excluding hydrogens is 457 g/mol. The van der Waals surface area contributed by atoms with Gasteiger partial charge in [-0.3, -0.25) is 9.69 Å². The molecule has 0 unspecified atom stereocenters. The summed E-state index contributed by atoms with van der Waals surface area (Å²) in [6, 6.07) is 6.74. The highest BCUT2D eigenvalue weighted by atomic mass is 19.4. The molecule has 1 aromatic carbocycles. The lowest BCUT2D eigenvalue weighted by molar-refractivity contribution is -0.138. The molecule has 1 aliphatic rings. The molecule has 4 N–H and O–H groups in total. The summed E-state index contributed by atoms with van der Waals surface area (Å²) < 4.78 is 41.5. The number of rotatable bonds is 6. The van der Waals surface area contributed by atoms with Crippen molar-refractivity contribution >= 4 is 17.9 Å². The Morgan fingerprint density at radius 3 is 2.54 bits per heavy atom. The van der Waals surface area contributed by atoms with Crippen molar-refractivity contribution in [3.05, 3.63) is 70.6 Å². The molecule has 35 heavy (non-hydrogen) atoms. The van der Waals surface area contributed by atoms with E-state index in [0.29, 0.717) is 24.2 Å². The van der Waals surface area contributed by atoms with Crippen LogP contribution in [0.25, 0.3) is 0 Å². The number of pyridine rings is 1. The second kappa shape index (κ2) is 11.6. The Kier molecular flexibility index (Phi) is 8.63. The van der Waals surface area contributed by atoms with Crippen LogP contribution in [0.1, 0.15) is 34.0 Å². The second-order valence-corrected chi connectivity index (χ2v) is 7.98. The molecule has 1 fully saturated rings. The van der Waals surface area contributed by atoms with Crippen LogP contribution in [0.2, 0.25) is 0 Å². The van der Waals surface area contributed by atoms with Gasteiger partial charge in [-0.15, -0.1) is 0 Å². The molecule has 2 heterocycles. The van der Waals surface area contributed by atoms with Gasteiger partial charge in [0.05, 0.1) is 11.1 Å². The van der Waals surface area contributed by atoms with Crippen molar-refractivity contribution in [2.45, 2.75) is 19.6 Å². The summed E-state index contributed by atoms with van der Waals surface area (Å²) in [6.07, 6.45) is -0.979. The Morgan fingerprint density at radius 2 is 1.91 bits per heavy atom. The van der Waals surface area contributed by atoms with Crippen molar-refractivity contribution in [3.63, 3.8) is 0 Å². The van der Waals surface area contributed by atoms with E-state index in [4.69, 9.17) is 11.1 Å². The molecule has 0 aliphatic carbocycles. The maximum absolute atomic E-state index is 13.8. The first-order valence-electron chi connectivity index (χ1n) is 11.1. The number of nitrogens with one attached hydrogen (secondary N) is 2. The number of carbonyl (C=O) groups excluding carboxylic acids is 1. The van der Waals surface area contributed by atoms with Crippen LogP contribution in [0.4, 0.5) is 19.0 Å². The van der Waals surface area contributed by atoms with Crippen molar-refractivity contribution in [2.24, 2.45) is 5.73 Å². The molecule has 184 valence electrons. The van der Waals surface area contributed by atoms with Crippen LogP contribution in [0, 0.1) is 17.3 Å².